The predicted molar refractivity (Wildman–Crippen MR) is 101 cm³/mol. The zero-order chi connectivity index (χ0) is 17.3. The van der Waals surface area contributed by atoms with Gasteiger partial charge in [-0.05, 0) is 67.8 Å². The van der Waals surface area contributed by atoms with E-state index >= 15 is 0 Å². The Balaban J connectivity index is 1.23. The number of nitrogens with zero attached hydrogens (tertiary/aromatic N) is 1. The number of halogens is 1. The van der Waals surface area contributed by atoms with Gasteiger partial charge in [0.2, 0.25) is 0 Å². The van der Waals surface area contributed by atoms with Crippen LogP contribution in [0.2, 0.25) is 0 Å². The predicted octanol–water partition coefficient (Wildman–Crippen LogP) is 4.13. The minimum absolute atomic E-state index is 0.0205. The van der Waals surface area contributed by atoms with Crippen molar-refractivity contribution in [3.8, 4) is 0 Å². The molecule has 5 heteroatoms. The lowest BCUT2D eigenvalue weighted by Gasteiger charge is -2.56. The highest BCUT2D eigenvalue weighted by Crippen LogP contribution is 2.59. The molecule has 4 aliphatic carbocycles. The van der Waals surface area contributed by atoms with Gasteiger partial charge in [0, 0.05) is 16.6 Å². The highest BCUT2D eigenvalue weighted by Gasteiger charge is 2.50. The maximum absolute atomic E-state index is 12.1. The number of rotatable bonds is 6. The lowest BCUT2D eigenvalue weighted by atomic mass is 9.49. The van der Waals surface area contributed by atoms with E-state index in [0.717, 1.165) is 34.3 Å². The van der Waals surface area contributed by atoms with Crippen molar-refractivity contribution in [2.24, 2.45) is 28.3 Å². The molecule has 0 radical (unpaired) electrons. The van der Waals surface area contributed by atoms with E-state index in [1.165, 1.54) is 38.5 Å². The SMILES string of the molecule is O=C(CO/N=C\c1ccccc1Br)NCC12CC3CC(CC(C3)C1)C2. The third-order valence-electron chi connectivity index (χ3n) is 6.19. The molecule has 1 aromatic rings. The van der Waals surface area contributed by atoms with Crippen molar-refractivity contribution >= 4 is 28.1 Å². The Labute approximate surface area is 157 Å². The van der Waals surface area contributed by atoms with Gasteiger partial charge in [-0.1, -0.05) is 39.3 Å². The summed E-state index contributed by atoms with van der Waals surface area (Å²) >= 11 is 3.45. The average molecular weight is 405 g/mol. The number of carbonyl (C=O) groups excluding carboxylic acids is 1. The van der Waals surface area contributed by atoms with E-state index in [-0.39, 0.29) is 12.5 Å². The topological polar surface area (TPSA) is 50.7 Å². The van der Waals surface area contributed by atoms with Crippen molar-refractivity contribution in [3.63, 3.8) is 0 Å². The standard InChI is InChI=1S/C20H25BrN2O2/c21-18-4-2-1-3-17(18)11-23-25-12-19(24)22-13-20-8-14-5-15(9-20)7-16(6-14)10-20/h1-4,11,14-16H,5-10,12-13H2,(H,22,24)/b23-11-. The molecule has 4 nitrogen and oxygen atoms in total. The molecular weight excluding hydrogens is 380 g/mol. The van der Waals surface area contributed by atoms with Gasteiger partial charge in [-0.2, -0.15) is 0 Å². The molecule has 4 saturated carbocycles. The lowest BCUT2D eigenvalue weighted by Crippen LogP contribution is -2.51. The third-order valence-corrected chi connectivity index (χ3v) is 6.91. The molecule has 25 heavy (non-hydrogen) atoms. The van der Waals surface area contributed by atoms with Gasteiger partial charge in [0.05, 0.1) is 6.21 Å². The Bertz CT molecular complexity index is 638. The second kappa shape index (κ2) is 7.10. The molecule has 0 spiro atoms. The molecule has 134 valence electrons. The van der Waals surface area contributed by atoms with Crippen LogP contribution in [0.1, 0.15) is 44.1 Å². The maximum atomic E-state index is 12.1. The van der Waals surface area contributed by atoms with E-state index in [4.69, 9.17) is 4.84 Å². The molecule has 0 saturated heterocycles. The number of hydrogen-bond donors (Lipinski definition) is 1. The molecule has 0 heterocycles. The number of oxime groups is 1. The van der Waals surface area contributed by atoms with Gasteiger partial charge in [0.15, 0.2) is 6.61 Å². The van der Waals surface area contributed by atoms with Crippen LogP contribution in [0.5, 0.6) is 0 Å². The van der Waals surface area contributed by atoms with Gasteiger partial charge in [-0.25, -0.2) is 0 Å². The molecule has 0 aromatic heterocycles. The fraction of sp³-hybridized carbons (Fsp3) is 0.600. The van der Waals surface area contributed by atoms with E-state index < -0.39 is 0 Å². The first-order valence-corrected chi connectivity index (χ1v) is 10.1. The number of benzene rings is 1. The van der Waals surface area contributed by atoms with Crippen molar-refractivity contribution in [3.05, 3.63) is 34.3 Å². The molecule has 1 amide bonds. The molecule has 4 fully saturated rings. The van der Waals surface area contributed by atoms with E-state index in [0.29, 0.717) is 5.41 Å². The van der Waals surface area contributed by atoms with E-state index in [1.807, 2.05) is 24.3 Å². The van der Waals surface area contributed by atoms with Crippen LogP contribution in [0.15, 0.2) is 33.9 Å². The van der Waals surface area contributed by atoms with Crippen LogP contribution in [0.3, 0.4) is 0 Å². The van der Waals surface area contributed by atoms with E-state index in [9.17, 15) is 4.79 Å². The number of carbonyl (C=O) groups is 1. The molecule has 4 aliphatic rings. The summed E-state index contributed by atoms with van der Waals surface area (Å²) in [5, 5.41) is 7.00. The maximum Gasteiger partial charge on any atom is 0.260 e. The molecule has 4 bridgehead atoms. The fourth-order valence-electron chi connectivity index (χ4n) is 5.61. The van der Waals surface area contributed by atoms with Crippen LogP contribution in [0, 0.1) is 23.2 Å². The first-order chi connectivity index (χ1) is 12.1. The van der Waals surface area contributed by atoms with Crippen LogP contribution in [0.4, 0.5) is 0 Å². The van der Waals surface area contributed by atoms with Gasteiger partial charge in [0.1, 0.15) is 0 Å². The molecular formula is C20H25BrN2O2. The summed E-state index contributed by atoms with van der Waals surface area (Å²) in [7, 11) is 0. The summed E-state index contributed by atoms with van der Waals surface area (Å²) < 4.78 is 0.952. The Hall–Kier alpha value is -1.36. The summed E-state index contributed by atoms with van der Waals surface area (Å²) in [6, 6.07) is 7.76. The van der Waals surface area contributed by atoms with E-state index in [1.54, 1.807) is 6.21 Å². The van der Waals surface area contributed by atoms with Crippen LogP contribution in [-0.2, 0) is 9.63 Å². The normalized spacial score (nSPS) is 32.9. The molecule has 5 rings (SSSR count). The highest BCUT2D eigenvalue weighted by atomic mass is 79.9. The Morgan fingerprint density at radius 1 is 1.20 bits per heavy atom. The van der Waals surface area contributed by atoms with Crippen molar-refractivity contribution in [1.29, 1.82) is 0 Å². The zero-order valence-electron chi connectivity index (χ0n) is 14.4. The Morgan fingerprint density at radius 3 is 2.48 bits per heavy atom. The summed E-state index contributed by atoms with van der Waals surface area (Å²) in [4.78, 5) is 17.3. The second-order valence-corrected chi connectivity index (χ2v) is 9.08. The smallest absolute Gasteiger partial charge is 0.260 e. The Morgan fingerprint density at radius 2 is 1.84 bits per heavy atom. The van der Waals surface area contributed by atoms with Crippen molar-refractivity contribution in [2.45, 2.75) is 38.5 Å². The number of amides is 1. The van der Waals surface area contributed by atoms with Crippen molar-refractivity contribution in [1.82, 2.24) is 5.32 Å². The first-order valence-electron chi connectivity index (χ1n) is 9.28. The zero-order valence-corrected chi connectivity index (χ0v) is 16.0. The van der Waals surface area contributed by atoms with Crippen LogP contribution in [-0.4, -0.2) is 25.3 Å². The largest absolute Gasteiger partial charge is 0.386 e. The molecule has 0 unspecified atom stereocenters. The summed E-state index contributed by atoms with van der Waals surface area (Å²) in [5.74, 6) is 2.66. The first kappa shape index (κ1) is 17.1. The minimum atomic E-state index is -0.0694. The molecule has 1 N–H and O–H groups in total. The van der Waals surface area contributed by atoms with Crippen LogP contribution in [0.25, 0.3) is 0 Å². The number of nitrogens with one attached hydrogen (secondary N) is 1. The third kappa shape index (κ3) is 3.91. The number of hydrogen-bond acceptors (Lipinski definition) is 3. The van der Waals surface area contributed by atoms with E-state index in [2.05, 4.69) is 26.4 Å². The summed E-state index contributed by atoms with van der Waals surface area (Å²) in [6.45, 7) is 0.792. The van der Waals surface area contributed by atoms with Crippen LogP contribution >= 0.6 is 15.9 Å². The lowest BCUT2D eigenvalue weighted by molar-refractivity contribution is -0.127. The van der Waals surface area contributed by atoms with Gasteiger partial charge in [-0.3, -0.25) is 4.79 Å². The van der Waals surface area contributed by atoms with Crippen molar-refractivity contribution < 1.29 is 9.63 Å². The van der Waals surface area contributed by atoms with Gasteiger partial charge in [0.25, 0.3) is 5.91 Å². The average Bonchev–Trinajstić information content (AvgIpc) is 2.57. The summed E-state index contributed by atoms with van der Waals surface area (Å²) in [6.07, 6.45) is 9.83. The minimum Gasteiger partial charge on any atom is -0.386 e. The molecule has 0 atom stereocenters. The molecule has 0 aliphatic heterocycles. The second-order valence-electron chi connectivity index (χ2n) is 8.22. The summed E-state index contributed by atoms with van der Waals surface area (Å²) in [5.41, 5.74) is 1.29. The molecule has 1 aromatic carbocycles. The fourth-order valence-corrected chi connectivity index (χ4v) is 6.00. The Kier molecular flexibility index (Phi) is 4.85. The van der Waals surface area contributed by atoms with Gasteiger partial charge >= 0.3 is 0 Å². The van der Waals surface area contributed by atoms with Gasteiger partial charge in [-0.15, -0.1) is 0 Å². The monoisotopic (exact) mass is 404 g/mol. The highest BCUT2D eigenvalue weighted by molar-refractivity contribution is 9.10. The van der Waals surface area contributed by atoms with Gasteiger partial charge < -0.3 is 10.2 Å². The quantitative estimate of drug-likeness (QED) is 0.572. The van der Waals surface area contributed by atoms with Crippen LogP contribution < -0.4 is 5.32 Å². The van der Waals surface area contributed by atoms with Crippen molar-refractivity contribution in [2.75, 3.05) is 13.2 Å².